The molecule has 166 valence electrons. The van der Waals surface area contributed by atoms with Crippen LogP contribution in [0.2, 0.25) is 0 Å². The number of ketones is 1. The van der Waals surface area contributed by atoms with Crippen LogP contribution in [0.15, 0.2) is 47.2 Å². The van der Waals surface area contributed by atoms with E-state index in [9.17, 15) is 18.5 Å². The molecule has 0 saturated heterocycles. The molecule has 10 heteroatoms. The van der Waals surface area contributed by atoms with Crippen molar-refractivity contribution < 1.29 is 52.6 Å². The van der Waals surface area contributed by atoms with Gasteiger partial charge in [-0.25, -0.2) is 4.39 Å². The smallest absolute Gasteiger partial charge is 0.438 e. The number of amides is 1. The third-order valence-electron chi connectivity index (χ3n) is 5.97. The van der Waals surface area contributed by atoms with Gasteiger partial charge in [0.25, 0.3) is 7.52 Å². The van der Waals surface area contributed by atoms with Gasteiger partial charge < -0.3 is 19.5 Å². The molecule has 1 fully saturated rings. The fourth-order valence-corrected chi connectivity index (χ4v) is 5.96. The molecule has 1 amide bonds. The molecule has 0 bridgehead atoms. The summed E-state index contributed by atoms with van der Waals surface area (Å²) in [6.07, 6.45) is 3.04. The standard InChI is InChI=1S/C23H22FN3O4P.Na/c1-2-31-32(30)19-6-4-3-5-17(19)25-22(26-32)20-21(28)16-13-15(24)9-10-18(16)27(23(20)29)12-11-14-7-8-14;/h3-6,9-10,13-14,20H,2,7-8,11-12H2,1H3;/q-1;+1. The summed E-state index contributed by atoms with van der Waals surface area (Å²) in [7, 11) is -3.72. The molecule has 2 aromatic rings. The van der Waals surface area contributed by atoms with Crippen molar-refractivity contribution in [2.45, 2.75) is 26.2 Å². The summed E-state index contributed by atoms with van der Waals surface area (Å²) in [5.41, 5.74) is 0.848. The van der Waals surface area contributed by atoms with Crippen molar-refractivity contribution in [3.05, 3.63) is 59.2 Å². The topological polar surface area (TPSA) is 90.1 Å². The molecule has 2 atom stereocenters. The molecule has 5 rings (SSSR count). The van der Waals surface area contributed by atoms with E-state index in [1.165, 1.54) is 17.0 Å². The van der Waals surface area contributed by atoms with Crippen LogP contribution in [0.5, 0.6) is 0 Å². The van der Waals surface area contributed by atoms with Crippen molar-refractivity contribution in [1.82, 2.24) is 0 Å². The van der Waals surface area contributed by atoms with Crippen LogP contribution in [-0.4, -0.2) is 30.7 Å². The number of benzene rings is 2. The number of carbonyl (C=O) groups is 2. The summed E-state index contributed by atoms with van der Waals surface area (Å²) in [6.45, 7) is 2.24. The molecular formula is C23H22FN3NaO4P. The maximum atomic E-state index is 14.0. The van der Waals surface area contributed by atoms with Crippen molar-refractivity contribution >= 4 is 41.7 Å². The molecule has 3 aliphatic rings. The largest absolute Gasteiger partial charge is 1.00 e. The SMILES string of the molecule is CCOP1(=O)N=C(C2C(=O)c3cc(F)ccc3N(CCC3CC3)C2=O)[N-]c2ccccc21.[Na+]. The summed E-state index contributed by atoms with van der Waals surface area (Å²) in [4.78, 5) is 28.4. The van der Waals surface area contributed by atoms with Crippen LogP contribution in [0.4, 0.5) is 15.8 Å². The van der Waals surface area contributed by atoms with Gasteiger partial charge in [0.15, 0.2) is 5.78 Å². The van der Waals surface area contributed by atoms with Gasteiger partial charge in [-0.05, 0) is 49.2 Å². The first-order chi connectivity index (χ1) is 15.4. The first kappa shape index (κ1) is 24.3. The van der Waals surface area contributed by atoms with Crippen LogP contribution in [0, 0.1) is 17.7 Å². The molecule has 2 aliphatic heterocycles. The third kappa shape index (κ3) is 4.47. The van der Waals surface area contributed by atoms with Gasteiger partial charge in [0.2, 0.25) is 5.91 Å². The summed E-state index contributed by atoms with van der Waals surface area (Å²) < 4.78 is 37.3. The van der Waals surface area contributed by atoms with E-state index >= 15 is 0 Å². The molecule has 0 aromatic heterocycles. The normalized spacial score (nSPS) is 23.8. The number of halogens is 1. The van der Waals surface area contributed by atoms with Gasteiger partial charge in [-0.1, -0.05) is 36.9 Å². The predicted octanol–water partition coefficient (Wildman–Crippen LogP) is 1.75. The van der Waals surface area contributed by atoms with Gasteiger partial charge in [-0.3, -0.25) is 14.2 Å². The number of nitrogens with zero attached hydrogens (tertiary/aromatic N) is 3. The van der Waals surface area contributed by atoms with E-state index in [1.54, 1.807) is 31.2 Å². The van der Waals surface area contributed by atoms with Crippen molar-refractivity contribution in [3.8, 4) is 0 Å². The summed E-state index contributed by atoms with van der Waals surface area (Å²) >= 11 is 0. The van der Waals surface area contributed by atoms with E-state index in [2.05, 4.69) is 10.1 Å². The van der Waals surface area contributed by atoms with Crippen LogP contribution < -0.4 is 39.8 Å². The molecule has 2 heterocycles. The average Bonchev–Trinajstić information content (AvgIpc) is 3.59. The molecular weight excluding hydrogens is 455 g/mol. The number of para-hydroxylation sites is 1. The zero-order valence-corrected chi connectivity index (χ0v) is 21.4. The fraction of sp³-hybridized carbons (Fsp3) is 0.348. The maximum absolute atomic E-state index is 14.0. The number of Topliss-reactive ketones (excluding diaryl/α,β-unsaturated/α-hetero) is 1. The number of hydrogen-bond acceptors (Lipinski definition) is 4. The average molecular weight is 477 g/mol. The number of amidine groups is 1. The van der Waals surface area contributed by atoms with E-state index < -0.39 is 30.9 Å². The Bertz CT molecular complexity index is 1200. The van der Waals surface area contributed by atoms with E-state index in [4.69, 9.17) is 4.52 Å². The summed E-state index contributed by atoms with van der Waals surface area (Å²) in [5, 5.41) is 4.75. The van der Waals surface area contributed by atoms with Crippen molar-refractivity contribution in [2.75, 3.05) is 18.1 Å². The van der Waals surface area contributed by atoms with E-state index in [0.29, 0.717) is 29.1 Å². The summed E-state index contributed by atoms with van der Waals surface area (Å²) in [6, 6.07) is 10.5. The Kier molecular flexibility index (Phi) is 6.95. The minimum Gasteiger partial charge on any atom is -0.438 e. The Labute approximate surface area is 213 Å². The Morgan fingerprint density at radius 3 is 2.70 bits per heavy atom. The first-order valence-corrected chi connectivity index (χ1v) is 12.3. The van der Waals surface area contributed by atoms with Crippen LogP contribution in [0.25, 0.3) is 5.32 Å². The van der Waals surface area contributed by atoms with Gasteiger partial charge in [0, 0.05) is 17.4 Å². The van der Waals surface area contributed by atoms with Crippen LogP contribution in [0.3, 0.4) is 0 Å². The monoisotopic (exact) mass is 477 g/mol. The second-order valence-corrected chi connectivity index (χ2v) is 10.2. The van der Waals surface area contributed by atoms with E-state index in [1.807, 2.05) is 0 Å². The molecule has 2 aromatic carbocycles. The first-order valence-electron chi connectivity index (χ1n) is 10.7. The summed E-state index contributed by atoms with van der Waals surface area (Å²) in [5.74, 6) is -2.64. The molecule has 1 saturated carbocycles. The van der Waals surface area contributed by atoms with Gasteiger partial charge in [0.1, 0.15) is 11.7 Å². The molecule has 0 spiro atoms. The Morgan fingerprint density at radius 2 is 1.97 bits per heavy atom. The second-order valence-electron chi connectivity index (χ2n) is 8.18. The Hall–Kier alpha value is -1.83. The number of carbonyl (C=O) groups excluding carboxylic acids is 2. The Morgan fingerprint density at radius 1 is 1.21 bits per heavy atom. The molecule has 2 unspecified atom stereocenters. The number of anilines is 1. The van der Waals surface area contributed by atoms with E-state index in [-0.39, 0.29) is 47.6 Å². The fourth-order valence-electron chi connectivity index (χ4n) is 4.19. The number of rotatable bonds is 6. The van der Waals surface area contributed by atoms with Crippen molar-refractivity contribution in [2.24, 2.45) is 16.6 Å². The molecule has 0 radical (unpaired) electrons. The van der Waals surface area contributed by atoms with Crippen molar-refractivity contribution in [3.63, 3.8) is 0 Å². The minimum atomic E-state index is -3.72. The second kappa shape index (κ2) is 9.43. The molecule has 1 aliphatic carbocycles. The van der Waals surface area contributed by atoms with Crippen LogP contribution in [0.1, 0.15) is 36.5 Å². The number of fused-ring (bicyclic) bond motifs is 2. The number of hydrogen-bond donors (Lipinski definition) is 0. The minimum absolute atomic E-state index is 0. The zero-order valence-electron chi connectivity index (χ0n) is 18.5. The quantitative estimate of drug-likeness (QED) is 0.360. The zero-order chi connectivity index (χ0) is 22.5. The van der Waals surface area contributed by atoms with Gasteiger partial charge in [-0.15, -0.1) is 0 Å². The maximum Gasteiger partial charge on any atom is 1.00 e. The van der Waals surface area contributed by atoms with Gasteiger partial charge in [-0.2, -0.15) is 0 Å². The van der Waals surface area contributed by atoms with Crippen LogP contribution in [-0.2, 0) is 13.9 Å². The molecule has 0 N–H and O–H groups in total. The predicted molar refractivity (Wildman–Crippen MR) is 120 cm³/mol. The van der Waals surface area contributed by atoms with Gasteiger partial charge in [0.05, 0.1) is 12.3 Å². The van der Waals surface area contributed by atoms with Gasteiger partial charge >= 0.3 is 29.6 Å². The van der Waals surface area contributed by atoms with E-state index in [0.717, 1.165) is 25.3 Å². The molecule has 7 nitrogen and oxygen atoms in total. The Balaban J connectivity index is 0.00000259. The van der Waals surface area contributed by atoms with Crippen molar-refractivity contribution in [1.29, 1.82) is 0 Å². The third-order valence-corrected chi connectivity index (χ3v) is 8.03. The molecule has 33 heavy (non-hydrogen) atoms. The van der Waals surface area contributed by atoms with Crippen LogP contribution >= 0.6 is 7.52 Å².